The number of nitrogens with one attached hydrogen (secondary N) is 1. The van der Waals surface area contributed by atoms with Crippen molar-refractivity contribution in [3.8, 4) is 6.07 Å². The molecule has 0 aliphatic carbocycles. The van der Waals surface area contributed by atoms with Gasteiger partial charge in [0.15, 0.2) is 0 Å². The molecule has 90 valence electrons. The van der Waals surface area contributed by atoms with Gasteiger partial charge in [0.25, 0.3) is 0 Å². The van der Waals surface area contributed by atoms with E-state index >= 15 is 0 Å². The number of benzene rings is 2. The first kappa shape index (κ1) is 12.9. The summed E-state index contributed by atoms with van der Waals surface area (Å²) >= 11 is 9.52. The zero-order valence-electron chi connectivity index (χ0n) is 9.45. The summed E-state index contributed by atoms with van der Waals surface area (Å²) in [5.41, 5.74) is 2.43. The molecule has 0 fully saturated rings. The molecule has 0 spiro atoms. The Morgan fingerprint density at radius 1 is 1.22 bits per heavy atom. The quantitative estimate of drug-likeness (QED) is 0.897. The van der Waals surface area contributed by atoms with Crippen LogP contribution in [-0.4, -0.2) is 0 Å². The Kier molecular flexibility index (Phi) is 4.24. The Labute approximate surface area is 119 Å². The van der Waals surface area contributed by atoms with E-state index < -0.39 is 0 Å². The molecule has 0 atom stereocenters. The fraction of sp³-hybridized carbons (Fsp3) is 0.0714. The second-order valence-corrected chi connectivity index (χ2v) is 5.07. The number of nitrogens with zero attached hydrogens (tertiary/aromatic N) is 1. The number of hydrogen-bond acceptors (Lipinski definition) is 2. The molecule has 0 heterocycles. The van der Waals surface area contributed by atoms with Gasteiger partial charge in [-0.2, -0.15) is 5.26 Å². The molecule has 18 heavy (non-hydrogen) atoms. The second-order valence-electron chi connectivity index (χ2n) is 3.75. The predicted molar refractivity (Wildman–Crippen MR) is 77.6 cm³/mol. The molecule has 0 saturated carbocycles. The molecule has 2 nitrogen and oxygen atoms in total. The normalized spacial score (nSPS) is 9.83. The van der Waals surface area contributed by atoms with Crippen LogP contribution in [0.3, 0.4) is 0 Å². The molecule has 0 amide bonds. The van der Waals surface area contributed by atoms with Crippen LogP contribution in [0.5, 0.6) is 0 Å². The first-order valence-corrected chi connectivity index (χ1v) is 6.55. The summed E-state index contributed by atoms with van der Waals surface area (Å²) in [5, 5.41) is 12.9. The average Bonchev–Trinajstić information content (AvgIpc) is 2.40. The predicted octanol–water partition coefficient (Wildman–Crippen LogP) is 4.59. The van der Waals surface area contributed by atoms with E-state index in [2.05, 4.69) is 27.3 Å². The third-order valence-electron chi connectivity index (χ3n) is 2.52. The smallest absolute Gasteiger partial charge is 0.101 e. The minimum absolute atomic E-state index is 0.580. The van der Waals surface area contributed by atoms with E-state index in [0.717, 1.165) is 15.7 Å². The Hall–Kier alpha value is -1.50. The molecule has 0 aromatic heterocycles. The summed E-state index contributed by atoms with van der Waals surface area (Å²) in [4.78, 5) is 0. The molecule has 4 heteroatoms. The molecular formula is C14H10BrClN2. The largest absolute Gasteiger partial charge is 0.380 e. The molecule has 2 aromatic carbocycles. The van der Waals surface area contributed by atoms with Crippen molar-refractivity contribution in [2.45, 2.75) is 6.54 Å². The second kappa shape index (κ2) is 5.90. The van der Waals surface area contributed by atoms with E-state index in [0.29, 0.717) is 17.1 Å². The lowest BCUT2D eigenvalue weighted by atomic mass is 10.1. The van der Waals surface area contributed by atoms with E-state index in [4.69, 9.17) is 16.9 Å². The molecular weight excluding hydrogens is 312 g/mol. The van der Waals surface area contributed by atoms with Crippen LogP contribution in [0.1, 0.15) is 11.1 Å². The number of rotatable bonds is 3. The van der Waals surface area contributed by atoms with Crippen molar-refractivity contribution < 1.29 is 0 Å². The van der Waals surface area contributed by atoms with Crippen LogP contribution in [0.25, 0.3) is 0 Å². The number of hydrogen-bond donors (Lipinski definition) is 1. The summed E-state index contributed by atoms with van der Waals surface area (Å²) < 4.78 is 0.984. The number of halogens is 2. The van der Waals surface area contributed by atoms with E-state index in [-0.39, 0.29) is 0 Å². The van der Waals surface area contributed by atoms with Gasteiger partial charge in [0.05, 0.1) is 11.3 Å². The lowest BCUT2D eigenvalue weighted by Gasteiger charge is -2.09. The molecule has 0 saturated heterocycles. The zero-order valence-corrected chi connectivity index (χ0v) is 11.8. The van der Waals surface area contributed by atoms with Crippen molar-refractivity contribution in [2.24, 2.45) is 0 Å². The van der Waals surface area contributed by atoms with Crippen molar-refractivity contribution >= 4 is 33.2 Å². The highest BCUT2D eigenvalue weighted by Crippen LogP contribution is 2.22. The standard InChI is InChI=1S/C14H10BrClN2/c15-12-5-6-13(16)11(7-12)9-18-14-4-2-1-3-10(14)8-17/h1-7,18H,9H2. The van der Waals surface area contributed by atoms with Gasteiger partial charge in [0.2, 0.25) is 0 Å². The van der Waals surface area contributed by atoms with Crippen molar-refractivity contribution in [2.75, 3.05) is 5.32 Å². The fourth-order valence-electron chi connectivity index (χ4n) is 1.60. The SMILES string of the molecule is N#Cc1ccccc1NCc1cc(Br)ccc1Cl. The molecule has 2 rings (SSSR count). The zero-order chi connectivity index (χ0) is 13.0. The van der Waals surface area contributed by atoms with Crippen LogP contribution in [0.4, 0.5) is 5.69 Å². The van der Waals surface area contributed by atoms with Gasteiger partial charge in [-0.05, 0) is 35.9 Å². The van der Waals surface area contributed by atoms with Gasteiger partial charge in [-0.3, -0.25) is 0 Å². The molecule has 1 N–H and O–H groups in total. The Morgan fingerprint density at radius 3 is 2.78 bits per heavy atom. The lowest BCUT2D eigenvalue weighted by Crippen LogP contribution is -2.01. The van der Waals surface area contributed by atoms with Gasteiger partial charge in [-0.1, -0.05) is 39.7 Å². The summed E-state index contributed by atoms with van der Waals surface area (Å²) in [7, 11) is 0. The minimum Gasteiger partial charge on any atom is -0.380 e. The minimum atomic E-state index is 0.580. The van der Waals surface area contributed by atoms with Gasteiger partial charge in [-0.15, -0.1) is 0 Å². The fourth-order valence-corrected chi connectivity index (χ4v) is 2.20. The van der Waals surface area contributed by atoms with Crippen LogP contribution < -0.4 is 5.32 Å². The highest BCUT2D eigenvalue weighted by atomic mass is 79.9. The third-order valence-corrected chi connectivity index (χ3v) is 3.39. The summed E-state index contributed by atoms with van der Waals surface area (Å²) in [6, 6.07) is 15.3. The first-order chi connectivity index (χ1) is 8.70. The van der Waals surface area contributed by atoms with E-state index in [9.17, 15) is 0 Å². The van der Waals surface area contributed by atoms with E-state index in [1.54, 1.807) is 6.07 Å². The van der Waals surface area contributed by atoms with Gasteiger partial charge in [0, 0.05) is 16.0 Å². The van der Waals surface area contributed by atoms with Gasteiger partial charge in [-0.25, -0.2) is 0 Å². The maximum atomic E-state index is 8.99. The maximum absolute atomic E-state index is 8.99. The van der Waals surface area contributed by atoms with E-state index in [1.807, 2.05) is 36.4 Å². The van der Waals surface area contributed by atoms with E-state index in [1.165, 1.54) is 0 Å². The van der Waals surface area contributed by atoms with Crippen molar-refractivity contribution in [1.29, 1.82) is 5.26 Å². The molecule has 2 aromatic rings. The van der Waals surface area contributed by atoms with Crippen molar-refractivity contribution in [3.05, 3.63) is 63.1 Å². The van der Waals surface area contributed by atoms with Crippen LogP contribution in [0.2, 0.25) is 5.02 Å². The monoisotopic (exact) mass is 320 g/mol. The van der Waals surface area contributed by atoms with Crippen LogP contribution >= 0.6 is 27.5 Å². The average molecular weight is 322 g/mol. The highest BCUT2D eigenvalue weighted by molar-refractivity contribution is 9.10. The van der Waals surface area contributed by atoms with Crippen LogP contribution in [-0.2, 0) is 6.54 Å². The molecule has 0 aliphatic heterocycles. The highest BCUT2D eigenvalue weighted by Gasteiger charge is 2.03. The molecule has 0 bridgehead atoms. The third kappa shape index (κ3) is 3.04. The van der Waals surface area contributed by atoms with Crippen LogP contribution in [0, 0.1) is 11.3 Å². The maximum Gasteiger partial charge on any atom is 0.101 e. The summed E-state index contributed by atoms with van der Waals surface area (Å²) in [5.74, 6) is 0. The number of para-hydroxylation sites is 1. The van der Waals surface area contributed by atoms with Crippen molar-refractivity contribution in [3.63, 3.8) is 0 Å². The topological polar surface area (TPSA) is 35.8 Å². The first-order valence-electron chi connectivity index (χ1n) is 5.37. The Balaban J connectivity index is 2.17. The Bertz CT molecular complexity index is 605. The summed E-state index contributed by atoms with van der Waals surface area (Å²) in [6.45, 7) is 0.580. The van der Waals surface area contributed by atoms with Gasteiger partial charge in [0.1, 0.15) is 6.07 Å². The van der Waals surface area contributed by atoms with Crippen molar-refractivity contribution in [1.82, 2.24) is 0 Å². The van der Waals surface area contributed by atoms with Crippen LogP contribution in [0.15, 0.2) is 46.9 Å². The Morgan fingerprint density at radius 2 is 2.00 bits per heavy atom. The number of nitriles is 1. The molecule has 0 radical (unpaired) electrons. The van der Waals surface area contributed by atoms with Gasteiger partial charge < -0.3 is 5.32 Å². The molecule has 0 unspecified atom stereocenters. The van der Waals surface area contributed by atoms with Gasteiger partial charge >= 0.3 is 0 Å². The lowest BCUT2D eigenvalue weighted by molar-refractivity contribution is 1.14. The summed E-state index contributed by atoms with van der Waals surface area (Å²) in [6.07, 6.45) is 0. The molecule has 0 aliphatic rings. The number of anilines is 1.